The Morgan fingerprint density at radius 2 is 2.05 bits per heavy atom. The van der Waals surface area contributed by atoms with Crippen LogP contribution < -0.4 is 10.6 Å². The van der Waals surface area contributed by atoms with Crippen LogP contribution in [-0.4, -0.2) is 58.9 Å². The molecule has 2 rings (SSSR count). The molecule has 0 aromatic carbocycles. The summed E-state index contributed by atoms with van der Waals surface area (Å²) in [6.45, 7) is 0.556. The number of imide groups is 1. The van der Waals surface area contributed by atoms with Crippen molar-refractivity contribution >= 4 is 11.9 Å². The number of hydrogen-bond donors (Lipinski definition) is 4. The highest BCUT2D eigenvalue weighted by atomic mass is 16.3. The minimum atomic E-state index is -0.851. The summed E-state index contributed by atoms with van der Waals surface area (Å²) in [6.07, 6.45) is -0.212. The van der Waals surface area contributed by atoms with E-state index in [4.69, 9.17) is 4.42 Å². The van der Waals surface area contributed by atoms with Gasteiger partial charge in [0.25, 0.3) is 0 Å². The predicted molar refractivity (Wildman–Crippen MR) is 67.5 cm³/mol. The molecule has 0 aliphatic carbocycles. The highest BCUT2D eigenvalue weighted by Gasteiger charge is 2.30. The molecule has 0 bridgehead atoms. The molecule has 1 aromatic rings. The van der Waals surface area contributed by atoms with Gasteiger partial charge in [0.15, 0.2) is 0 Å². The monoisotopic (exact) mass is 283 g/mol. The molecule has 8 heteroatoms. The first kappa shape index (κ1) is 14.5. The number of furan rings is 1. The van der Waals surface area contributed by atoms with Crippen molar-refractivity contribution in [1.82, 2.24) is 15.5 Å². The van der Waals surface area contributed by atoms with E-state index in [9.17, 15) is 19.8 Å². The molecule has 110 valence electrons. The van der Waals surface area contributed by atoms with Crippen LogP contribution in [0.4, 0.5) is 4.79 Å². The number of likely N-dealkylation sites (tertiary alicyclic amines) is 1. The lowest BCUT2D eigenvalue weighted by molar-refractivity contribution is -0.121. The number of carbonyl (C=O) groups is 2. The van der Waals surface area contributed by atoms with Gasteiger partial charge in [-0.1, -0.05) is 0 Å². The van der Waals surface area contributed by atoms with Crippen molar-refractivity contribution in [2.45, 2.75) is 18.8 Å². The average Bonchev–Trinajstić information content (AvgIpc) is 2.98. The van der Waals surface area contributed by atoms with Crippen LogP contribution >= 0.6 is 0 Å². The maximum absolute atomic E-state index is 11.6. The summed E-state index contributed by atoms with van der Waals surface area (Å²) in [5.41, 5.74) is 0. The van der Waals surface area contributed by atoms with Gasteiger partial charge in [-0.15, -0.1) is 0 Å². The van der Waals surface area contributed by atoms with E-state index in [0.717, 1.165) is 0 Å². The molecule has 1 aromatic heterocycles. The Balaban J connectivity index is 1.67. The minimum absolute atomic E-state index is 0.0533. The van der Waals surface area contributed by atoms with Crippen molar-refractivity contribution in [3.63, 3.8) is 0 Å². The van der Waals surface area contributed by atoms with E-state index < -0.39 is 24.1 Å². The molecule has 3 amide bonds. The van der Waals surface area contributed by atoms with E-state index in [1.807, 2.05) is 0 Å². The summed E-state index contributed by atoms with van der Waals surface area (Å²) in [6, 6.07) is 2.78. The molecule has 0 radical (unpaired) electrons. The topological polar surface area (TPSA) is 115 Å². The van der Waals surface area contributed by atoms with Crippen LogP contribution in [0.25, 0.3) is 0 Å². The lowest BCUT2D eigenvalue weighted by Gasteiger charge is -2.13. The van der Waals surface area contributed by atoms with Crippen molar-refractivity contribution in [3.8, 4) is 0 Å². The zero-order valence-electron chi connectivity index (χ0n) is 10.8. The van der Waals surface area contributed by atoms with Crippen molar-refractivity contribution in [1.29, 1.82) is 0 Å². The normalized spacial score (nSPS) is 22.7. The molecule has 2 unspecified atom stereocenters. The van der Waals surface area contributed by atoms with Gasteiger partial charge in [-0.2, -0.15) is 0 Å². The van der Waals surface area contributed by atoms with E-state index in [1.54, 1.807) is 17.0 Å². The summed E-state index contributed by atoms with van der Waals surface area (Å²) >= 11 is 0. The van der Waals surface area contributed by atoms with Crippen molar-refractivity contribution in [3.05, 3.63) is 24.2 Å². The molecular formula is C12H17N3O5. The molecule has 2 heterocycles. The first-order chi connectivity index (χ1) is 9.54. The van der Waals surface area contributed by atoms with E-state index in [1.165, 1.54) is 6.26 Å². The second kappa shape index (κ2) is 6.51. The minimum Gasteiger partial charge on any atom is -0.467 e. The summed E-state index contributed by atoms with van der Waals surface area (Å²) in [4.78, 5) is 24.6. The predicted octanol–water partition coefficient (Wildman–Crippen LogP) is -1.36. The number of amides is 3. The number of aliphatic hydroxyl groups is 2. The SMILES string of the molecule is O=C(CN1CC(O)C(O)C1)NC(=O)NCc1ccco1. The van der Waals surface area contributed by atoms with Gasteiger partial charge >= 0.3 is 6.03 Å². The Hall–Kier alpha value is -1.90. The van der Waals surface area contributed by atoms with E-state index in [2.05, 4.69) is 10.6 Å². The summed E-state index contributed by atoms with van der Waals surface area (Å²) < 4.78 is 5.03. The lowest BCUT2D eigenvalue weighted by Crippen LogP contribution is -2.44. The molecule has 4 N–H and O–H groups in total. The van der Waals surface area contributed by atoms with Crippen molar-refractivity contribution in [2.75, 3.05) is 19.6 Å². The number of urea groups is 1. The maximum atomic E-state index is 11.6. The number of nitrogens with zero attached hydrogens (tertiary/aromatic N) is 1. The molecule has 8 nitrogen and oxygen atoms in total. The standard InChI is InChI=1S/C12H17N3O5/c16-9-5-15(6-10(9)17)7-11(18)14-12(19)13-4-8-2-1-3-20-8/h1-3,9-10,16-17H,4-7H2,(H2,13,14,18,19). The van der Waals surface area contributed by atoms with E-state index >= 15 is 0 Å². The van der Waals surface area contributed by atoms with Crippen LogP contribution in [-0.2, 0) is 11.3 Å². The number of aliphatic hydroxyl groups excluding tert-OH is 2. The zero-order valence-corrected chi connectivity index (χ0v) is 10.8. The second-order valence-corrected chi connectivity index (χ2v) is 4.64. The van der Waals surface area contributed by atoms with Gasteiger partial charge in [-0.3, -0.25) is 15.0 Å². The van der Waals surface area contributed by atoms with Crippen LogP contribution in [0.15, 0.2) is 22.8 Å². The molecule has 0 spiro atoms. The molecule has 1 aliphatic heterocycles. The van der Waals surface area contributed by atoms with E-state index in [-0.39, 0.29) is 26.2 Å². The summed E-state index contributed by atoms with van der Waals surface area (Å²) in [5.74, 6) is 0.0848. The first-order valence-electron chi connectivity index (χ1n) is 6.23. The quantitative estimate of drug-likeness (QED) is 0.543. The number of hydrogen-bond acceptors (Lipinski definition) is 6. The van der Waals surface area contributed by atoms with Gasteiger partial charge in [-0.25, -0.2) is 4.79 Å². The first-order valence-corrected chi connectivity index (χ1v) is 6.23. The molecule has 1 fully saturated rings. The number of rotatable bonds is 4. The molecule has 1 saturated heterocycles. The van der Waals surface area contributed by atoms with Crippen LogP contribution in [0.2, 0.25) is 0 Å². The third-order valence-electron chi connectivity index (χ3n) is 2.96. The van der Waals surface area contributed by atoms with Crippen molar-refractivity contribution in [2.24, 2.45) is 0 Å². The second-order valence-electron chi connectivity index (χ2n) is 4.64. The van der Waals surface area contributed by atoms with Gasteiger partial charge in [0, 0.05) is 13.1 Å². The third kappa shape index (κ3) is 4.05. The summed E-state index contributed by atoms with van der Waals surface area (Å²) in [7, 11) is 0. The van der Waals surface area contributed by atoms with Gasteiger partial charge in [0.1, 0.15) is 5.76 Å². The van der Waals surface area contributed by atoms with Crippen LogP contribution in [0.1, 0.15) is 5.76 Å². The Kier molecular flexibility index (Phi) is 4.72. The molecule has 0 saturated carbocycles. The fraction of sp³-hybridized carbons (Fsp3) is 0.500. The number of carbonyl (C=O) groups excluding carboxylic acids is 2. The highest BCUT2D eigenvalue weighted by molar-refractivity contribution is 5.95. The van der Waals surface area contributed by atoms with Gasteiger partial charge in [0.05, 0.1) is 31.6 Å². The van der Waals surface area contributed by atoms with Crippen LogP contribution in [0.5, 0.6) is 0 Å². The highest BCUT2D eigenvalue weighted by Crippen LogP contribution is 2.08. The fourth-order valence-corrected chi connectivity index (χ4v) is 1.97. The van der Waals surface area contributed by atoms with Crippen LogP contribution in [0.3, 0.4) is 0 Å². The van der Waals surface area contributed by atoms with E-state index in [0.29, 0.717) is 5.76 Å². The Morgan fingerprint density at radius 1 is 1.35 bits per heavy atom. The smallest absolute Gasteiger partial charge is 0.321 e. The Labute approximate surface area is 115 Å². The fourth-order valence-electron chi connectivity index (χ4n) is 1.97. The zero-order chi connectivity index (χ0) is 14.5. The lowest BCUT2D eigenvalue weighted by atomic mass is 10.3. The third-order valence-corrected chi connectivity index (χ3v) is 2.96. The maximum Gasteiger partial charge on any atom is 0.321 e. The van der Waals surface area contributed by atoms with Gasteiger partial charge in [-0.05, 0) is 12.1 Å². The number of β-amino-alcohol motifs (C(OH)–C–C–N with tert-alkyl or cyclic N) is 2. The molecule has 2 atom stereocenters. The Bertz CT molecular complexity index is 452. The van der Waals surface area contributed by atoms with Gasteiger partial charge < -0.3 is 19.9 Å². The number of nitrogens with one attached hydrogen (secondary N) is 2. The molecular weight excluding hydrogens is 266 g/mol. The Morgan fingerprint density at radius 3 is 2.65 bits per heavy atom. The summed E-state index contributed by atoms with van der Waals surface area (Å²) in [5, 5.41) is 23.3. The van der Waals surface area contributed by atoms with Crippen LogP contribution in [0, 0.1) is 0 Å². The van der Waals surface area contributed by atoms with Crippen molar-refractivity contribution < 1.29 is 24.2 Å². The largest absolute Gasteiger partial charge is 0.467 e. The average molecular weight is 283 g/mol. The molecule has 1 aliphatic rings. The molecule has 20 heavy (non-hydrogen) atoms. The van der Waals surface area contributed by atoms with Gasteiger partial charge in [0.2, 0.25) is 5.91 Å².